The number of hydrogen-bond acceptors (Lipinski definition) is 5. The average molecular weight is 192 g/mol. The van der Waals surface area contributed by atoms with E-state index >= 15 is 0 Å². The smallest absolute Gasteiger partial charge is 0.149 e. The summed E-state index contributed by atoms with van der Waals surface area (Å²) in [6.45, 7) is 0.500. The second-order valence-corrected chi connectivity index (χ2v) is 3.36. The van der Waals surface area contributed by atoms with Crippen LogP contribution in [0.3, 0.4) is 0 Å². The van der Waals surface area contributed by atoms with Gasteiger partial charge in [0, 0.05) is 24.5 Å². The molecular weight excluding hydrogens is 184 g/mol. The van der Waals surface area contributed by atoms with Gasteiger partial charge in [0.25, 0.3) is 0 Å². The first-order chi connectivity index (χ1) is 6.40. The molecule has 0 unspecified atom stereocenters. The van der Waals surface area contributed by atoms with E-state index in [0.29, 0.717) is 6.54 Å². The predicted octanol–water partition coefficient (Wildman–Crippen LogP) is 1.06. The molecule has 0 fully saturated rings. The minimum absolute atomic E-state index is 0.500. The Hall–Kier alpha value is -1.33. The van der Waals surface area contributed by atoms with Gasteiger partial charge in [-0.05, 0) is 11.6 Å². The van der Waals surface area contributed by atoms with Crippen molar-refractivity contribution >= 4 is 11.3 Å². The first kappa shape index (κ1) is 8.28. The first-order valence-corrected chi connectivity index (χ1v) is 4.68. The van der Waals surface area contributed by atoms with Crippen molar-refractivity contribution in [1.82, 2.24) is 15.2 Å². The summed E-state index contributed by atoms with van der Waals surface area (Å²) in [5.74, 6) is 0. The van der Waals surface area contributed by atoms with Crippen LogP contribution in [0.4, 0.5) is 0 Å². The van der Waals surface area contributed by atoms with Crippen LogP contribution < -0.4 is 5.73 Å². The third-order valence-electron chi connectivity index (χ3n) is 1.64. The SMILES string of the molecule is NCc1cncc(-c2nncs2)c1. The van der Waals surface area contributed by atoms with Crippen LogP contribution in [0.5, 0.6) is 0 Å². The van der Waals surface area contributed by atoms with E-state index in [1.165, 1.54) is 11.3 Å². The van der Waals surface area contributed by atoms with Gasteiger partial charge in [0.15, 0.2) is 0 Å². The molecule has 66 valence electrons. The third kappa shape index (κ3) is 1.71. The second kappa shape index (κ2) is 3.59. The molecule has 0 bridgehead atoms. The molecule has 2 N–H and O–H groups in total. The molecule has 0 saturated carbocycles. The zero-order chi connectivity index (χ0) is 9.10. The van der Waals surface area contributed by atoms with E-state index in [1.807, 2.05) is 6.07 Å². The van der Waals surface area contributed by atoms with Crippen molar-refractivity contribution in [2.24, 2.45) is 5.73 Å². The molecule has 0 aliphatic carbocycles. The summed E-state index contributed by atoms with van der Waals surface area (Å²) in [6, 6.07) is 1.98. The van der Waals surface area contributed by atoms with Gasteiger partial charge in [-0.15, -0.1) is 10.2 Å². The number of nitrogens with two attached hydrogens (primary N) is 1. The summed E-state index contributed by atoms with van der Waals surface area (Å²) >= 11 is 1.49. The monoisotopic (exact) mass is 192 g/mol. The van der Waals surface area contributed by atoms with Crippen molar-refractivity contribution < 1.29 is 0 Å². The molecule has 2 aromatic rings. The van der Waals surface area contributed by atoms with Crippen molar-refractivity contribution in [2.45, 2.75) is 6.54 Å². The molecule has 0 aliphatic rings. The van der Waals surface area contributed by atoms with Crippen LogP contribution in [-0.2, 0) is 6.54 Å². The van der Waals surface area contributed by atoms with E-state index in [-0.39, 0.29) is 0 Å². The third-order valence-corrected chi connectivity index (χ3v) is 2.38. The van der Waals surface area contributed by atoms with Crippen LogP contribution in [0.25, 0.3) is 10.6 Å². The van der Waals surface area contributed by atoms with E-state index in [1.54, 1.807) is 17.9 Å². The molecular formula is C8H8N4S. The lowest BCUT2D eigenvalue weighted by atomic mass is 10.2. The molecule has 0 aromatic carbocycles. The minimum Gasteiger partial charge on any atom is -0.326 e. The van der Waals surface area contributed by atoms with E-state index in [0.717, 1.165) is 16.1 Å². The van der Waals surface area contributed by atoms with Gasteiger partial charge in [-0.3, -0.25) is 4.98 Å². The highest BCUT2D eigenvalue weighted by Crippen LogP contribution is 2.19. The number of aromatic nitrogens is 3. The molecule has 0 spiro atoms. The average Bonchev–Trinajstić information content (AvgIpc) is 2.71. The van der Waals surface area contributed by atoms with Crippen molar-refractivity contribution in [3.05, 3.63) is 29.5 Å². The zero-order valence-corrected chi connectivity index (χ0v) is 7.66. The summed E-state index contributed by atoms with van der Waals surface area (Å²) in [5, 5.41) is 8.59. The van der Waals surface area contributed by atoms with Gasteiger partial charge in [-0.1, -0.05) is 11.3 Å². The number of rotatable bonds is 2. The van der Waals surface area contributed by atoms with Crippen molar-refractivity contribution in [3.63, 3.8) is 0 Å². The Balaban J connectivity index is 2.41. The van der Waals surface area contributed by atoms with Gasteiger partial charge in [-0.25, -0.2) is 0 Å². The van der Waals surface area contributed by atoms with Gasteiger partial charge in [0.05, 0.1) is 0 Å². The highest BCUT2D eigenvalue weighted by Gasteiger charge is 2.01. The number of nitrogens with zero attached hydrogens (tertiary/aromatic N) is 3. The van der Waals surface area contributed by atoms with Gasteiger partial charge < -0.3 is 5.73 Å². The Kier molecular flexibility index (Phi) is 2.29. The predicted molar refractivity (Wildman–Crippen MR) is 51.0 cm³/mol. The van der Waals surface area contributed by atoms with Gasteiger partial charge in [0.1, 0.15) is 10.5 Å². The molecule has 13 heavy (non-hydrogen) atoms. The fraction of sp³-hybridized carbons (Fsp3) is 0.125. The fourth-order valence-electron chi connectivity index (χ4n) is 1.02. The maximum absolute atomic E-state index is 5.50. The highest BCUT2D eigenvalue weighted by molar-refractivity contribution is 7.12. The molecule has 0 radical (unpaired) electrons. The van der Waals surface area contributed by atoms with Crippen LogP contribution in [0.1, 0.15) is 5.56 Å². The minimum atomic E-state index is 0.500. The van der Waals surface area contributed by atoms with Crippen molar-refractivity contribution in [2.75, 3.05) is 0 Å². The van der Waals surface area contributed by atoms with Crippen LogP contribution in [0.2, 0.25) is 0 Å². The van der Waals surface area contributed by atoms with Crippen molar-refractivity contribution in [3.8, 4) is 10.6 Å². The van der Waals surface area contributed by atoms with Crippen LogP contribution in [0, 0.1) is 0 Å². The maximum atomic E-state index is 5.50. The molecule has 0 saturated heterocycles. The van der Waals surface area contributed by atoms with E-state index in [4.69, 9.17) is 5.73 Å². The van der Waals surface area contributed by atoms with Gasteiger partial charge in [-0.2, -0.15) is 0 Å². The molecule has 0 amide bonds. The summed E-state index contributed by atoms with van der Waals surface area (Å²) in [7, 11) is 0. The van der Waals surface area contributed by atoms with Gasteiger partial charge in [0.2, 0.25) is 0 Å². The Morgan fingerprint density at radius 1 is 1.38 bits per heavy atom. The van der Waals surface area contributed by atoms with E-state index in [2.05, 4.69) is 15.2 Å². The first-order valence-electron chi connectivity index (χ1n) is 3.80. The summed E-state index contributed by atoms with van der Waals surface area (Å²) < 4.78 is 0. The largest absolute Gasteiger partial charge is 0.326 e. The maximum Gasteiger partial charge on any atom is 0.149 e. The number of hydrogen-bond donors (Lipinski definition) is 1. The van der Waals surface area contributed by atoms with Crippen LogP contribution in [-0.4, -0.2) is 15.2 Å². The summed E-state index contributed by atoms with van der Waals surface area (Å²) in [5.41, 5.74) is 9.18. The standard InChI is InChI=1S/C8H8N4S/c9-2-6-1-7(4-10-3-6)8-12-11-5-13-8/h1,3-5H,2,9H2. The second-order valence-electron chi connectivity index (χ2n) is 2.53. The Morgan fingerprint density at radius 2 is 2.31 bits per heavy atom. The Bertz CT molecular complexity index is 385. The topological polar surface area (TPSA) is 64.7 Å². The molecule has 0 atom stereocenters. The van der Waals surface area contributed by atoms with Crippen LogP contribution in [0.15, 0.2) is 24.0 Å². The highest BCUT2D eigenvalue weighted by atomic mass is 32.1. The lowest BCUT2D eigenvalue weighted by molar-refractivity contribution is 1.04. The molecule has 2 heterocycles. The molecule has 2 aromatic heterocycles. The number of pyridine rings is 1. The van der Waals surface area contributed by atoms with Gasteiger partial charge >= 0.3 is 0 Å². The molecule has 5 heteroatoms. The molecule has 2 rings (SSSR count). The lowest BCUT2D eigenvalue weighted by Crippen LogP contribution is -1.96. The van der Waals surface area contributed by atoms with Crippen LogP contribution >= 0.6 is 11.3 Å². The van der Waals surface area contributed by atoms with E-state index in [9.17, 15) is 0 Å². The zero-order valence-electron chi connectivity index (χ0n) is 6.84. The molecule has 4 nitrogen and oxygen atoms in total. The fourth-order valence-corrected chi connectivity index (χ4v) is 1.55. The lowest BCUT2D eigenvalue weighted by Gasteiger charge is -1.97. The molecule has 0 aliphatic heterocycles. The van der Waals surface area contributed by atoms with E-state index < -0.39 is 0 Å². The Labute approximate surface area is 79.5 Å². The quantitative estimate of drug-likeness (QED) is 0.772. The summed E-state index contributed by atoms with van der Waals surface area (Å²) in [4.78, 5) is 4.07. The van der Waals surface area contributed by atoms with Crippen molar-refractivity contribution in [1.29, 1.82) is 0 Å². The summed E-state index contributed by atoms with van der Waals surface area (Å²) in [6.07, 6.45) is 3.52. The Morgan fingerprint density at radius 3 is 3.00 bits per heavy atom. The normalized spacial score (nSPS) is 10.2.